The number of nitrogens with one attached hydrogen (secondary N) is 1. The molecule has 2 N–H and O–H groups in total. The number of phenols is 1. The number of carbonyl (C=O) groups excluding carboxylic acids is 1. The Bertz CT molecular complexity index is 407. The zero-order valence-corrected chi connectivity index (χ0v) is 11.8. The van der Waals surface area contributed by atoms with Crippen molar-refractivity contribution >= 4 is 27.5 Å². The summed E-state index contributed by atoms with van der Waals surface area (Å²) in [6.45, 7) is 1.95. The zero-order chi connectivity index (χ0) is 13.0. The first-order chi connectivity index (χ1) is 7.95. The van der Waals surface area contributed by atoms with Crippen molar-refractivity contribution in [3.8, 4) is 5.75 Å². The van der Waals surface area contributed by atoms with Gasteiger partial charge in [-0.2, -0.15) is 0 Å². The van der Waals surface area contributed by atoms with E-state index >= 15 is 0 Å². The summed E-state index contributed by atoms with van der Waals surface area (Å²) in [6.07, 6.45) is 0.716. The number of likely N-dealkylation sites (N-methyl/N-ethyl adjacent to an activating group) is 1. The smallest absolute Gasteiger partial charge is 0.241 e. The molecule has 1 aromatic rings. The Morgan fingerprint density at radius 2 is 2.18 bits per heavy atom. The van der Waals surface area contributed by atoms with Crippen LogP contribution in [-0.4, -0.2) is 36.1 Å². The van der Waals surface area contributed by atoms with Crippen molar-refractivity contribution < 1.29 is 9.90 Å². The van der Waals surface area contributed by atoms with E-state index in [0.717, 1.165) is 4.47 Å². The van der Waals surface area contributed by atoms with Crippen molar-refractivity contribution in [1.82, 2.24) is 4.90 Å². The second-order valence-corrected chi connectivity index (χ2v) is 4.95. The van der Waals surface area contributed by atoms with Crippen LogP contribution in [-0.2, 0) is 4.79 Å². The average Bonchev–Trinajstić information content (AvgIpc) is 2.24. The molecular weight excluding hydrogens is 284 g/mol. The highest BCUT2D eigenvalue weighted by Crippen LogP contribution is 2.27. The molecule has 1 atom stereocenters. The Kier molecular flexibility index (Phi) is 4.96. The van der Waals surface area contributed by atoms with Gasteiger partial charge in [-0.25, -0.2) is 0 Å². The van der Waals surface area contributed by atoms with Gasteiger partial charge in [0.15, 0.2) is 0 Å². The summed E-state index contributed by atoms with van der Waals surface area (Å²) in [6, 6.07) is 4.73. The van der Waals surface area contributed by atoms with Crippen molar-refractivity contribution in [3.63, 3.8) is 0 Å². The molecule has 1 aromatic carbocycles. The Hall–Kier alpha value is -1.07. The maximum Gasteiger partial charge on any atom is 0.241 e. The van der Waals surface area contributed by atoms with Crippen LogP contribution < -0.4 is 5.32 Å². The van der Waals surface area contributed by atoms with E-state index in [-0.39, 0.29) is 17.7 Å². The molecule has 94 valence electrons. The van der Waals surface area contributed by atoms with E-state index in [1.807, 2.05) is 25.9 Å². The van der Waals surface area contributed by atoms with Crippen LogP contribution >= 0.6 is 15.9 Å². The number of phenolic OH excluding ortho intramolecular Hbond substituents is 1. The molecule has 0 aliphatic carbocycles. The molecule has 0 heterocycles. The van der Waals surface area contributed by atoms with Crippen molar-refractivity contribution in [2.45, 2.75) is 19.4 Å². The summed E-state index contributed by atoms with van der Waals surface area (Å²) in [7, 11) is 3.71. The molecule has 1 rings (SSSR count). The van der Waals surface area contributed by atoms with E-state index in [2.05, 4.69) is 21.2 Å². The van der Waals surface area contributed by atoms with E-state index < -0.39 is 0 Å². The fourth-order valence-corrected chi connectivity index (χ4v) is 1.97. The highest BCUT2D eigenvalue weighted by atomic mass is 79.9. The molecule has 4 nitrogen and oxygen atoms in total. The summed E-state index contributed by atoms with van der Waals surface area (Å²) in [4.78, 5) is 13.8. The first-order valence-corrected chi connectivity index (χ1v) is 6.20. The maximum atomic E-state index is 12.0. The number of hydrogen-bond acceptors (Lipinski definition) is 3. The fraction of sp³-hybridized carbons (Fsp3) is 0.417. The third kappa shape index (κ3) is 3.71. The molecule has 0 bridgehead atoms. The normalized spacial score (nSPS) is 12.5. The quantitative estimate of drug-likeness (QED) is 0.840. The van der Waals surface area contributed by atoms with Crippen LogP contribution in [0.5, 0.6) is 5.75 Å². The van der Waals surface area contributed by atoms with Crippen LogP contribution in [0.3, 0.4) is 0 Å². The monoisotopic (exact) mass is 300 g/mol. The van der Waals surface area contributed by atoms with Crippen LogP contribution in [0.15, 0.2) is 22.7 Å². The molecule has 5 heteroatoms. The number of halogens is 1. The topological polar surface area (TPSA) is 52.6 Å². The highest BCUT2D eigenvalue weighted by Gasteiger charge is 2.19. The summed E-state index contributed by atoms with van der Waals surface area (Å²) in [5, 5.41) is 12.4. The van der Waals surface area contributed by atoms with E-state index in [0.29, 0.717) is 12.1 Å². The van der Waals surface area contributed by atoms with Crippen molar-refractivity contribution in [2.24, 2.45) is 0 Å². The number of nitrogens with zero attached hydrogens (tertiary/aromatic N) is 1. The van der Waals surface area contributed by atoms with E-state index in [1.165, 1.54) is 6.07 Å². The van der Waals surface area contributed by atoms with Gasteiger partial charge in [-0.1, -0.05) is 22.9 Å². The minimum Gasteiger partial charge on any atom is -0.506 e. The van der Waals surface area contributed by atoms with Gasteiger partial charge in [-0.3, -0.25) is 9.69 Å². The van der Waals surface area contributed by atoms with Crippen LogP contribution in [0.1, 0.15) is 13.3 Å². The highest BCUT2D eigenvalue weighted by molar-refractivity contribution is 9.10. The molecule has 0 fully saturated rings. The number of benzene rings is 1. The lowest BCUT2D eigenvalue weighted by atomic mass is 10.2. The van der Waals surface area contributed by atoms with Crippen molar-refractivity contribution in [3.05, 3.63) is 22.7 Å². The van der Waals surface area contributed by atoms with Crippen LogP contribution in [0.2, 0.25) is 0 Å². The Morgan fingerprint density at radius 1 is 1.53 bits per heavy atom. The van der Waals surface area contributed by atoms with Gasteiger partial charge in [-0.15, -0.1) is 0 Å². The first-order valence-electron chi connectivity index (χ1n) is 5.41. The zero-order valence-electron chi connectivity index (χ0n) is 10.2. The number of amides is 1. The third-order valence-corrected chi connectivity index (χ3v) is 3.02. The molecule has 0 saturated heterocycles. The Balaban J connectivity index is 2.83. The molecular formula is C12H17BrN2O2. The second-order valence-electron chi connectivity index (χ2n) is 4.04. The molecule has 0 spiro atoms. The van der Waals surface area contributed by atoms with Gasteiger partial charge in [0.1, 0.15) is 5.75 Å². The third-order valence-electron chi connectivity index (χ3n) is 2.53. The molecule has 1 amide bonds. The lowest BCUT2D eigenvalue weighted by molar-refractivity contribution is -0.120. The largest absolute Gasteiger partial charge is 0.506 e. The Labute approximate surface area is 110 Å². The summed E-state index contributed by atoms with van der Waals surface area (Å²) < 4.78 is 0.809. The Morgan fingerprint density at radius 3 is 2.71 bits per heavy atom. The molecule has 0 radical (unpaired) electrons. The minimum atomic E-state index is -0.201. The van der Waals surface area contributed by atoms with E-state index in [1.54, 1.807) is 12.1 Å². The van der Waals surface area contributed by atoms with Gasteiger partial charge in [-0.05, 0) is 38.7 Å². The SMILES string of the molecule is CC[C@@H](C(=O)Nc1cc(Br)ccc1O)N(C)C. The predicted octanol–water partition coefficient (Wildman–Crippen LogP) is 2.43. The van der Waals surface area contributed by atoms with Gasteiger partial charge >= 0.3 is 0 Å². The van der Waals surface area contributed by atoms with Gasteiger partial charge in [0, 0.05) is 4.47 Å². The first kappa shape index (κ1) is 14.0. The summed E-state index contributed by atoms with van der Waals surface area (Å²) >= 11 is 3.30. The molecule has 17 heavy (non-hydrogen) atoms. The molecule has 0 unspecified atom stereocenters. The number of rotatable bonds is 4. The van der Waals surface area contributed by atoms with Gasteiger partial charge < -0.3 is 10.4 Å². The van der Waals surface area contributed by atoms with E-state index in [4.69, 9.17) is 0 Å². The molecule has 0 saturated carbocycles. The second kappa shape index (κ2) is 6.02. The minimum absolute atomic E-state index is 0.0650. The maximum absolute atomic E-state index is 12.0. The number of anilines is 1. The van der Waals surface area contributed by atoms with Crippen molar-refractivity contribution in [2.75, 3.05) is 19.4 Å². The van der Waals surface area contributed by atoms with Crippen molar-refractivity contribution in [1.29, 1.82) is 0 Å². The predicted molar refractivity (Wildman–Crippen MR) is 72.2 cm³/mol. The van der Waals surface area contributed by atoms with Gasteiger partial charge in [0.25, 0.3) is 0 Å². The average molecular weight is 301 g/mol. The molecule has 0 aliphatic heterocycles. The van der Waals surface area contributed by atoms with E-state index in [9.17, 15) is 9.90 Å². The lowest BCUT2D eigenvalue weighted by Crippen LogP contribution is -2.39. The number of hydrogen-bond donors (Lipinski definition) is 2. The standard InChI is InChI=1S/C12H17BrN2O2/c1-4-10(15(2)3)12(17)14-9-7-8(13)5-6-11(9)16/h5-7,10,16H,4H2,1-3H3,(H,14,17)/t10-/m0/s1. The number of carbonyl (C=O) groups is 1. The van der Waals surface area contributed by atoms with Crippen LogP contribution in [0.25, 0.3) is 0 Å². The van der Waals surface area contributed by atoms with Gasteiger partial charge in [0.2, 0.25) is 5.91 Å². The van der Waals surface area contributed by atoms with Crippen LogP contribution in [0, 0.1) is 0 Å². The van der Waals surface area contributed by atoms with Crippen LogP contribution in [0.4, 0.5) is 5.69 Å². The fourth-order valence-electron chi connectivity index (χ4n) is 1.61. The molecule has 0 aliphatic rings. The summed E-state index contributed by atoms with van der Waals surface area (Å²) in [5.74, 6) is -0.0546. The molecule has 0 aromatic heterocycles. The summed E-state index contributed by atoms with van der Waals surface area (Å²) in [5.41, 5.74) is 0.421. The lowest BCUT2D eigenvalue weighted by Gasteiger charge is -2.22. The number of aromatic hydroxyl groups is 1. The van der Waals surface area contributed by atoms with Gasteiger partial charge in [0.05, 0.1) is 11.7 Å².